The van der Waals surface area contributed by atoms with E-state index < -0.39 is 0 Å². The van der Waals surface area contributed by atoms with Crippen molar-refractivity contribution in [1.29, 1.82) is 0 Å². The van der Waals surface area contributed by atoms with Crippen LogP contribution >= 0.6 is 11.6 Å². The summed E-state index contributed by atoms with van der Waals surface area (Å²) in [5.74, 6) is 0.809. The van der Waals surface area contributed by atoms with Crippen LogP contribution in [0.25, 0.3) is 0 Å². The van der Waals surface area contributed by atoms with Gasteiger partial charge in [-0.25, -0.2) is 9.97 Å². The molecule has 3 rings (SSSR count). The van der Waals surface area contributed by atoms with Crippen molar-refractivity contribution < 1.29 is 9.53 Å². The maximum atomic E-state index is 12.4. The number of amides is 1. The quantitative estimate of drug-likeness (QED) is 0.687. The van der Waals surface area contributed by atoms with Crippen LogP contribution in [-0.2, 0) is 6.54 Å². The monoisotopic (exact) mass is 368 g/mol. The largest absolute Gasteiger partial charge is 0.497 e. The molecule has 0 saturated carbocycles. The zero-order valence-corrected chi connectivity index (χ0v) is 14.8. The van der Waals surface area contributed by atoms with Gasteiger partial charge in [-0.2, -0.15) is 0 Å². The lowest BCUT2D eigenvalue weighted by atomic mass is 10.2. The molecule has 2 aromatic carbocycles. The molecule has 0 unspecified atom stereocenters. The van der Waals surface area contributed by atoms with Crippen molar-refractivity contribution in [3.63, 3.8) is 0 Å². The molecule has 132 valence electrons. The van der Waals surface area contributed by atoms with Crippen LogP contribution < -0.4 is 15.4 Å². The zero-order valence-electron chi connectivity index (χ0n) is 14.1. The molecule has 0 aliphatic heterocycles. The van der Waals surface area contributed by atoms with Gasteiger partial charge in [0.1, 0.15) is 11.4 Å². The smallest absolute Gasteiger partial charge is 0.274 e. The summed E-state index contributed by atoms with van der Waals surface area (Å²) in [4.78, 5) is 20.7. The number of para-hydroxylation sites is 1. The Morgan fingerprint density at radius 2 is 1.88 bits per heavy atom. The Morgan fingerprint density at radius 3 is 2.62 bits per heavy atom. The number of anilines is 2. The van der Waals surface area contributed by atoms with E-state index in [0.29, 0.717) is 23.2 Å². The van der Waals surface area contributed by atoms with Crippen molar-refractivity contribution in [2.24, 2.45) is 0 Å². The Balaban J connectivity index is 1.65. The third-order valence-electron chi connectivity index (χ3n) is 3.62. The van der Waals surface area contributed by atoms with Crippen LogP contribution in [0, 0.1) is 0 Å². The van der Waals surface area contributed by atoms with Gasteiger partial charge in [-0.15, -0.1) is 0 Å². The fraction of sp³-hybridized carbons (Fsp3) is 0.105. The van der Waals surface area contributed by atoms with Crippen LogP contribution in [-0.4, -0.2) is 23.0 Å². The summed E-state index contributed by atoms with van der Waals surface area (Å²) in [5.41, 5.74) is 1.82. The molecule has 1 amide bonds. The second kappa shape index (κ2) is 8.31. The molecule has 0 bridgehead atoms. The molecule has 7 heteroatoms. The van der Waals surface area contributed by atoms with Crippen LogP contribution in [0.5, 0.6) is 5.75 Å². The minimum absolute atomic E-state index is 0.247. The third-order valence-corrected chi connectivity index (χ3v) is 3.95. The van der Waals surface area contributed by atoms with E-state index in [2.05, 4.69) is 20.6 Å². The van der Waals surface area contributed by atoms with Gasteiger partial charge in [-0.05, 0) is 35.9 Å². The van der Waals surface area contributed by atoms with Gasteiger partial charge < -0.3 is 15.4 Å². The number of nitrogens with zero attached hydrogens (tertiary/aromatic N) is 2. The fourth-order valence-corrected chi connectivity index (χ4v) is 2.43. The van der Waals surface area contributed by atoms with Crippen molar-refractivity contribution in [2.45, 2.75) is 6.54 Å². The molecule has 1 aromatic heterocycles. The van der Waals surface area contributed by atoms with Gasteiger partial charge in [0.2, 0.25) is 5.95 Å². The van der Waals surface area contributed by atoms with E-state index in [0.717, 1.165) is 11.3 Å². The van der Waals surface area contributed by atoms with Crippen LogP contribution in [0.1, 0.15) is 16.1 Å². The molecule has 2 N–H and O–H groups in total. The molecule has 0 saturated heterocycles. The van der Waals surface area contributed by atoms with Crippen molar-refractivity contribution in [2.75, 3.05) is 17.7 Å². The molecule has 0 fully saturated rings. The van der Waals surface area contributed by atoms with E-state index >= 15 is 0 Å². The molecular formula is C19H17ClN4O2. The standard InChI is InChI=1S/C19H17ClN4O2/c1-26-14-8-6-13(7-9-14)12-22-19-21-11-10-17(24-19)18(25)23-16-5-3-2-4-15(16)20/h2-11H,12H2,1H3,(H,23,25)(H,21,22,24). The summed E-state index contributed by atoms with van der Waals surface area (Å²) < 4.78 is 5.13. The lowest BCUT2D eigenvalue weighted by Crippen LogP contribution is -2.15. The normalized spacial score (nSPS) is 10.2. The number of hydrogen-bond donors (Lipinski definition) is 2. The van der Waals surface area contributed by atoms with Crippen LogP contribution in [0.15, 0.2) is 60.8 Å². The highest BCUT2D eigenvalue weighted by atomic mass is 35.5. The van der Waals surface area contributed by atoms with Crippen LogP contribution in [0.3, 0.4) is 0 Å². The molecule has 6 nitrogen and oxygen atoms in total. The van der Waals surface area contributed by atoms with Gasteiger partial charge in [-0.1, -0.05) is 35.9 Å². The van der Waals surface area contributed by atoms with E-state index in [1.807, 2.05) is 24.3 Å². The number of halogens is 1. The Morgan fingerprint density at radius 1 is 1.12 bits per heavy atom. The lowest BCUT2D eigenvalue weighted by molar-refractivity contribution is 0.102. The third kappa shape index (κ3) is 4.49. The predicted octanol–water partition coefficient (Wildman–Crippen LogP) is 4.00. The Bertz CT molecular complexity index is 900. The minimum Gasteiger partial charge on any atom is -0.497 e. The highest BCUT2D eigenvalue weighted by Crippen LogP contribution is 2.21. The predicted molar refractivity (Wildman–Crippen MR) is 102 cm³/mol. The van der Waals surface area contributed by atoms with Crippen LogP contribution in [0.4, 0.5) is 11.6 Å². The number of methoxy groups -OCH3 is 1. The average Bonchev–Trinajstić information content (AvgIpc) is 2.69. The maximum absolute atomic E-state index is 12.4. The lowest BCUT2D eigenvalue weighted by Gasteiger charge is -2.09. The number of carbonyl (C=O) groups excluding carboxylic acids is 1. The summed E-state index contributed by atoms with van der Waals surface area (Å²) >= 11 is 6.06. The van der Waals surface area contributed by atoms with Gasteiger partial charge in [0.05, 0.1) is 17.8 Å². The number of benzene rings is 2. The maximum Gasteiger partial charge on any atom is 0.274 e. The van der Waals surface area contributed by atoms with E-state index in [1.165, 1.54) is 6.20 Å². The molecule has 0 aliphatic carbocycles. The average molecular weight is 369 g/mol. The number of rotatable bonds is 6. The molecule has 0 radical (unpaired) electrons. The van der Waals surface area contributed by atoms with Gasteiger partial charge >= 0.3 is 0 Å². The first-order valence-electron chi connectivity index (χ1n) is 7.91. The van der Waals surface area contributed by atoms with Crippen molar-refractivity contribution in [3.05, 3.63) is 77.1 Å². The van der Waals surface area contributed by atoms with Crippen LogP contribution in [0.2, 0.25) is 5.02 Å². The van der Waals surface area contributed by atoms with Crippen molar-refractivity contribution in [3.8, 4) is 5.75 Å². The highest BCUT2D eigenvalue weighted by molar-refractivity contribution is 6.33. The number of nitrogens with one attached hydrogen (secondary N) is 2. The molecule has 0 aliphatic rings. The Kier molecular flexibility index (Phi) is 5.66. The second-order valence-corrected chi connectivity index (χ2v) is 5.81. The molecular weight excluding hydrogens is 352 g/mol. The highest BCUT2D eigenvalue weighted by Gasteiger charge is 2.11. The number of carbonyl (C=O) groups is 1. The minimum atomic E-state index is -0.354. The van der Waals surface area contributed by atoms with Gasteiger partial charge in [-0.3, -0.25) is 4.79 Å². The van der Waals surface area contributed by atoms with Crippen molar-refractivity contribution in [1.82, 2.24) is 9.97 Å². The summed E-state index contributed by atoms with van der Waals surface area (Å²) in [6.07, 6.45) is 1.53. The summed E-state index contributed by atoms with van der Waals surface area (Å²) in [6, 6.07) is 16.2. The van der Waals surface area contributed by atoms with Gasteiger partial charge in [0.25, 0.3) is 5.91 Å². The second-order valence-electron chi connectivity index (χ2n) is 5.40. The fourth-order valence-electron chi connectivity index (χ4n) is 2.24. The zero-order chi connectivity index (χ0) is 18.4. The number of ether oxygens (including phenoxy) is 1. The molecule has 0 atom stereocenters. The first-order valence-corrected chi connectivity index (χ1v) is 8.29. The molecule has 0 spiro atoms. The Hall–Kier alpha value is -3.12. The van der Waals surface area contributed by atoms with Gasteiger partial charge in [0, 0.05) is 12.7 Å². The molecule has 26 heavy (non-hydrogen) atoms. The van der Waals surface area contributed by atoms with E-state index in [4.69, 9.17) is 16.3 Å². The number of hydrogen-bond acceptors (Lipinski definition) is 5. The molecule has 3 aromatic rings. The molecule has 1 heterocycles. The van der Waals surface area contributed by atoms with E-state index in [-0.39, 0.29) is 11.6 Å². The first-order chi connectivity index (χ1) is 12.7. The van der Waals surface area contributed by atoms with Gasteiger partial charge in [0.15, 0.2) is 0 Å². The summed E-state index contributed by atoms with van der Waals surface area (Å²) in [6.45, 7) is 0.527. The first kappa shape index (κ1) is 17.7. The Labute approximate surface area is 156 Å². The topological polar surface area (TPSA) is 76.1 Å². The SMILES string of the molecule is COc1ccc(CNc2nccc(C(=O)Nc3ccccc3Cl)n2)cc1. The van der Waals surface area contributed by atoms with E-state index in [1.54, 1.807) is 37.4 Å². The van der Waals surface area contributed by atoms with E-state index in [9.17, 15) is 4.79 Å². The number of aromatic nitrogens is 2. The summed E-state index contributed by atoms with van der Waals surface area (Å²) in [7, 11) is 1.63. The summed E-state index contributed by atoms with van der Waals surface area (Å²) in [5, 5.41) is 6.30. The van der Waals surface area contributed by atoms with Crippen molar-refractivity contribution >= 4 is 29.1 Å².